The van der Waals surface area contributed by atoms with Crippen LogP contribution in [0.2, 0.25) is 0 Å². The van der Waals surface area contributed by atoms with E-state index in [1.807, 2.05) is 0 Å². The molecule has 1 aromatic heterocycles. The van der Waals surface area contributed by atoms with Crippen LogP contribution in [0.25, 0.3) is 11.0 Å². The molecule has 0 radical (unpaired) electrons. The largest absolute Gasteiger partial charge is 0.459 e. The molecule has 3 heterocycles. The summed E-state index contributed by atoms with van der Waals surface area (Å²) in [5.41, 5.74) is 3.58. The maximum absolute atomic E-state index is 6.22. The molecule has 1 fully saturated rings. The van der Waals surface area contributed by atoms with Crippen molar-refractivity contribution in [1.82, 2.24) is 5.32 Å². The Hall–Kier alpha value is -1.32. The first-order valence-electron chi connectivity index (χ1n) is 7.14. The van der Waals surface area contributed by atoms with Crippen LogP contribution in [0.4, 0.5) is 0 Å². The molecule has 0 saturated carbocycles. The Morgan fingerprint density at radius 1 is 1.32 bits per heavy atom. The number of hydrogen-bond acceptors (Lipinski definition) is 3. The van der Waals surface area contributed by atoms with Crippen molar-refractivity contribution < 1.29 is 9.15 Å². The van der Waals surface area contributed by atoms with Crippen LogP contribution in [0.1, 0.15) is 29.7 Å². The fourth-order valence-electron chi connectivity index (χ4n) is 3.51. The fraction of sp³-hybridized carbons (Fsp3) is 0.500. The first-order valence-corrected chi connectivity index (χ1v) is 7.14. The number of nitrogens with one attached hydrogen (secondary N) is 1. The molecule has 0 amide bonds. The van der Waals surface area contributed by atoms with Crippen molar-refractivity contribution >= 4 is 11.0 Å². The Morgan fingerprint density at radius 2 is 2.26 bits per heavy atom. The molecule has 3 heteroatoms. The van der Waals surface area contributed by atoms with E-state index in [0.29, 0.717) is 0 Å². The Balaban J connectivity index is 1.92. The molecule has 1 spiro atoms. The predicted octanol–water partition coefficient (Wildman–Crippen LogP) is 2.89. The van der Waals surface area contributed by atoms with E-state index in [1.165, 1.54) is 16.5 Å². The van der Waals surface area contributed by atoms with Gasteiger partial charge in [0.1, 0.15) is 16.9 Å². The maximum Gasteiger partial charge on any atom is 0.134 e. The Labute approximate surface area is 112 Å². The van der Waals surface area contributed by atoms with E-state index in [-0.39, 0.29) is 5.54 Å². The number of benzene rings is 1. The van der Waals surface area contributed by atoms with Gasteiger partial charge in [-0.25, -0.2) is 0 Å². The second kappa shape index (κ2) is 4.09. The molecule has 19 heavy (non-hydrogen) atoms. The van der Waals surface area contributed by atoms with Crippen LogP contribution in [-0.4, -0.2) is 19.8 Å². The lowest BCUT2D eigenvalue weighted by Crippen LogP contribution is -2.52. The lowest BCUT2D eigenvalue weighted by atomic mass is 9.83. The van der Waals surface area contributed by atoms with Crippen molar-refractivity contribution in [2.45, 2.75) is 31.7 Å². The van der Waals surface area contributed by atoms with Crippen LogP contribution >= 0.6 is 0 Å². The summed E-state index contributed by atoms with van der Waals surface area (Å²) in [7, 11) is 0. The first-order chi connectivity index (χ1) is 9.28. The molecule has 2 aromatic rings. The summed E-state index contributed by atoms with van der Waals surface area (Å²) in [5.74, 6) is 1.12. The summed E-state index contributed by atoms with van der Waals surface area (Å²) in [6.45, 7) is 4.73. The van der Waals surface area contributed by atoms with Gasteiger partial charge >= 0.3 is 0 Å². The second-order valence-electron chi connectivity index (χ2n) is 5.82. The molecular formula is C16H19NO2. The number of fused-ring (bicyclic) bond motifs is 4. The average molecular weight is 257 g/mol. The number of furan rings is 1. The van der Waals surface area contributed by atoms with Crippen LogP contribution in [0.5, 0.6) is 0 Å². The highest BCUT2D eigenvalue weighted by molar-refractivity contribution is 5.83. The highest BCUT2D eigenvalue weighted by atomic mass is 16.5. The van der Waals surface area contributed by atoms with Gasteiger partial charge < -0.3 is 14.5 Å². The Bertz CT molecular complexity index is 623. The topological polar surface area (TPSA) is 34.4 Å². The summed E-state index contributed by atoms with van der Waals surface area (Å²) in [5, 5.41) is 4.93. The minimum Gasteiger partial charge on any atom is -0.459 e. The highest BCUT2D eigenvalue weighted by Crippen LogP contribution is 2.40. The van der Waals surface area contributed by atoms with Crippen molar-refractivity contribution in [1.29, 1.82) is 0 Å². The lowest BCUT2D eigenvalue weighted by molar-refractivity contribution is 0.00539. The third-order valence-corrected chi connectivity index (χ3v) is 4.46. The van der Waals surface area contributed by atoms with Gasteiger partial charge in [0.15, 0.2) is 0 Å². The molecule has 1 N–H and O–H groups in total. The van der Waals surface area contributed by atoms with Gasteiger partial charge in [-0.1, -0.05) is 12.1 Å². The quantitative estimate of drug-likeness (QED) is 0.788. The average Bonchev–Trinajstić information content (AvgIpc) is 2.79. The Kier molecular flexibility index (Phi) is 2.47. The van der Waals surface area contributed by atoms with Crippen molar-refractivity contribution in [3.8, 4) is 0 Å². The number of hydrogen-bond donors (Lipinski definition) is 1. The van der Waals surface area contributed by atoms with Crippen molar-refractivity contribution in [3.63, 3.8) is 0 Å². The first kappa shape index (κ1) is 11.5. The van der Waals surface area contributed by atoms with Gasteiger partial charge in [-0.15, -0.1) is 0 Å². The molecule has 100 valence electrons. The van der Waals surface area contributed by atoms with Gasteiger partial charge in [-0.2, -0.15) is 0 Å². The molecule has 1 saturated heterocycles. The smallest absolute Gasteiger partial charge is 0.134 e. The standard InChI is InChI=1S/C16H19NO2/c1-11-3-4-12-13-5-7-17-16(6-2-8-18-10-16)15(13)19-14(12)9-11/h3-4,9,17H,2,5-8,10H2,1H3. The predicted molar refractivity (Wildman–Crippen MR) is 74.4 cm³/mol. The number of aryl methyl sites for hydroxylation is 1. The van der Waals surface area contributed by atoms with E-state index in [1.54, 1.807) is 0 Å². The van der Waals surface area contributed by atoms with E-state index in [9.17, 15) is 0 Å². The van der Waals surface area contributed by atoms with Crippen LogP contribution in [0.3, 0.4) is 0 Å². The monoisotopic (exact) mass is 257 g/mol. The zero-order chi connectivity index (χ0) is 12.9. The van der Waals surface area contributed by atoms with Gasteiger partial charge in [0.2, 0.25) is 0 Å². The second-order valence-corrected chi connectivity index (χ2v) is 5.82. The summed E-state index contributed by atoms with van der Waals surface area (Å²) < 4.78 is 11.9. The van der Waals surface area contributed by atoms with Gasteiger partial charge in [-0.3, -0.25) is 0 Å². The van der Waals surface area contributed by atoms with E-state index in [0.717, 1.165) is 50.4 Å². The molecule has 1 unspecified atom stereocenters. The zero-order valence-corrected chi connectivity index (χ0v) is 11.3. The van der Waals surface area contributed by atoms with E-state index in [2.05, 4.69) is 30.4 Å². The van der Waals surface area contributed by atoms with E-state index in [4.69, 9.17) is 9.15 Å². The highest BCUT2D eigenvalue weighted by Gasteiger charge is 2.42. The zero-order valence-electron chi connectivity index (χ0n) is 11.3. The molecule has 0 aliphatic carbocycles. The summed E-state index contributed by atoms with van der Waals surface area (Å²) >= 11 is 0. The number of ether oxygens (including phenoxy) is 1. The molecule has 3 nitrogen and oxygen atoms in total. The fourth-order valence-corrected chi connectivity index (χ4v) is 3.51. The summed E-state index contributed by atoms with van der Waals surface area (Å²) in [6.07, 6.45) is 3.26. The summed E-state index contributed by atoms with van der Waals surface area (Å²) in [6, 6.07) is 6.52. The SMILES string of the molecule is Cc1ccc2c3c(oc2c1)C1(CCCOC1)NCC3. The van der Waals surface area contributed by atoms with Gasteiger partial charge in [-0.05, 0) is 37.8 Å². The maximum atomic E-state index is 6.22. The third-order valence-electron chi connectivity index (χ3n) is 4.46. The van der Waals surface area contributed by atoms with Crippen LogP contribution < -0.4 is 5.32 Å². The minimum atomic E-state index is -0.0846. The van der Waals surface area contributed by atoms with E-state index >= 15 is 0 Å². The van der Waals surface area contributed by atoms with Crippen LogP contribution in [0.15, 0.2) is 22.6 Å². The van der Waals surface area contributed by atoms with Gasteiger partial charge in [0.05, 0.1) is 6.61 Å². The third kappa shape index (κ3) is 1.65. The Morgan fingerprint density at radius 3 is 3.11 bits per heavy atom. The molecular weight excluding hydrogens is 238 g/mol. The van der Waals surface area contributed by atoms with Crippen molar-refractivity contribution in [2.24, 2.45) is 0 Å². The molecule has 1 atom stereocenters. The number of rotatable bonds is 0. The normalized spacial score (nSPS) is 26.8. The molecule has 0 bridgehead atoms. The van der Waals surface area contributed by atoms with Crippen LogP contribution in [-0.2, 0) is 16.7 Å². The van der Waals surface area contributed by atoms with Gasteiger partial charge in [0, 0.05) is 24.1 Å². The van der Waals surface area contributed by atoms with Crippen molar-refractivity contribution in [3.05, 3.63) is 35.1 Å². The molecule has 1 aromatic carbocycles. The van der Waals surface area contributed by atoms with Gasteiger partial charge in [0.25, 0.3) is 0 Å². The molecule has 4 rings (SSSR count). The summed E-state index contributed by atoms with van der Waals surface area (Å²) in [4.78, 5) is 0. The minimum absolute atomic E-state index is 0.0846. The van der Waals surface area contributed by atoms with E-state index < -0.39 is 0 Å². The van der Waals surface area contributed by atoms with Crippen molar-refractivity contribution in [2.75, 3.05) is 19.8 Å². The molecule has 2 aliphatic heterocycles. The lowest BCUT2D eigenvalue weighted by Gasteiger charge is -2.39. The van der Waals surface area contributed by atoms with Crippen LogP contribution in [0, 0.1) is 6.92 Å². The molecule has 2 aliphatic rings.